The molecule has 5 nitrogen and oxygen atoms in total. The van der Waals surface area contributed by atoms with E-state index in [1.165, 1.54) is 12.8 Å². The number of carboxylic acids is 1. The third-order valence-corrected chi connectivity index (χ3v) is 3.97. The quantitative estimate of drug-likeness (QED) is 0.745. The summed E-state index contributed by atoms with van der Waals surface area (Å²) in [5.74, 6) is -0.724. The normalized spacial score (nSPS) is 35.7. The lowest BCUT2D eigenvalue weighted by molar-refractivity contribution is -0.147. The van der Waals surface area contributed by atoms with Crippen molar-refractivity contribution in [3.05, 3.63) is 0 Å². The highest BCUT2D eigenvalue weighted by Crippen LogP contribution is 2.27. The number of carboxylic acid groups (broad SMARTS) is 1. The summed E-state index contributed by atoms with van der Waals surface area (Å²) in [6, 6.07) is -0.124. The van der Waals surface area contributed by atoms with Crippen LogP contribution in [0.1, 0.15) is 25.7 Å². The lowest BCUT2D eigenvalue weighted by Crippen LogP contribution is -2.61. The van der Waals surface area contributed by atoms with Gasteiger partial charge in [-0.1, -0.05) is 12.8 Å². The lowest BCUT2D eigenvalue weighted by Gasteiger charge is -2.44. The maximum Gasteiger partial charge on any atom is 0.322 e. The number of nitrogens with one attached hydrogen (secondary N) is 1. The van der Waals surface area contributed by atoms with Crippen LogP contribution in [0.25, 0.3) is 0 Å². The van der Waals surface area contributed by atoms with E-state index in [1.807, 2.05) is 0 Å². The van der Waals surface area contributed by atoms with E-state index in [2.05, 4.69) is 10.2 Å². The Morgan fingerprint density at radius 3 is 2.88 bits per heavy atom. The smallest absolute Gasteiger partial charge is 0.322 e. The molecular formula is C12H22N2O3. The van der Waals surface area contributed by atoms with Gasteiger partial charge in [0, 0.05) is 32.8 Å². The van der Waals surface area contributed by atoms with Crippen LogP contribution in [0.5, 0.6) is 0 Å². The number of hydrogen-bond donors (Lipinski definition) is 2. The molecule has 2 aliphatic rings. The van der Waals surface area contributed by atoms with Crippen LogP contribution < -0.4 is 5.32 Å². The van der Waals surface area contributed by atoms with Crippen molar-refractivity contribution in [3.63, 3.8) is 0 Å². The number of aliphatic carboxylic acids is 1. The zero-order valence-electron chi connectivity index (χ0n) is 10.4. The van der Waals surface area contributed by atoms with Gasteiger partial charge < -0.3 is 15.2 Å². The molecule has 1 heterocycles. The highest BCUT2D eigenvalue weighted by molar-refractivity contribution is 5.74. The predicted octanol–water partition coefficient (Wildman–Crippen LogP) is 0.302. The van der Waals surface area contributed by atoms with Gasteiger partial charge in [0.1, 0.15) is 6.04 Å². The van der Waals surface area contributed by atoms with E-state index in [1.54, 1.807) is 7.11 Å². The zero-order valence-corrected chi connectivity index (χ0v) is 10.4. The molecule has 0 amide bonds. The summed E-state index contributed by atoms with van der Waals surface area (Å²) in [4.78, 5) is 13.4. The van der Waals surface area contributed by atoms with Crippen molar-refractivity contribution in [3.8, 4) is 0 Å². The molecule has 3 unspecified atom stereocenters. The van der Waals surface area contributed by atoms with E-state index in [-0.39, 0.29) is 12.1 Å². The SMILES string of the molecule is COC1CCCCC1N1CCNCC1C(=O)O. The van der Waals surface area contributed by atoms with Crippen LogP contribution >= 0.6 is 0 Å². The first kappa shape index (κ1) is 12.8. The van der Waals surface area contributed by atoms with Crippen molar-refractivity contribution in [2.45, 2.75) is 43.9 Å². The van der Waals surface area contributed by atoms with E-state index >= 15 is 0 Å². The summed E-state index contributed by atoms with van der Waals surface area (Å²) in [5.41, 5.74) is 0. The van der Waals surface area contributed by atoms with Gasteiger partial charge in [0.15, 0.2) is 0 Å². The van der Waals surface area contributed by atoms with Crippen LogP contribution in [-0.2, 0) is 9.53 Å². The third-order valence-electron chi connectivity index (χ3n) is 3.97. The Bertz CT molecular complexity index is 272. The topological polar surface area (TPSA) is 61.8 Å². The molecule has 2 rings (SSSR count). The average Bonchev–Trinajstić information content (AvgIpc) is 2.38. The van der Waals surface area contributed by atoms with E-state index in [0.29, 0.717) is 6.54 Å². The van der Waals surface area contributed by atoms with E-state index in [9.17, 15) is 9.90 Å². The Hall–Kier alpha value is -0.650. The molecule has 0 spiro atoms. The zero-order chi connectivity index (χ0) is 12.3. The molecule has 2 fully saturated rings. The van der Waals surface area contributed by atoms with Crippen LogP contribution in [0.2, 0.25) is 0 Å². The first-order valence-electron chi connectivity index (χ1n) is 6.46. The van der Waals surface area contributed by atoms with E-state index in [4.69, 9.17) is 4.74 Å². The number of carbonyl (C=O) groups is 1. The Kier molecular flexibility index (Phi) is 4.36. The number of piperazine rings is 1. The molecule has 1 saturated carbocycles. The molecule has 0 aromatic rings. The summed E-state index contributed by atoms with van der Waals surface area (Å²) in [5, 5.41) is 12.4. The Balaban J connectivity index is 2.08. The molecule has 3 atom stereocenters. The molecule has 1 aliphatic heterocycles. The molecule has 0 aromatic heterocycles. The highest BCUT2D eigenvalue weighted by atomic mass is 16.5. The van der Waals surface area contributed by atoms with Crippen molar-refractivity contribution in [2.75, 3.05) is 26.7 Å². The monoisotopic (exact) mass is 242 g/mol. The Labute approximate surface area is 102 Å². The number of hydrogen-bond acceptors (Lipinski definition) is 4. The van der Waals surface area contributed by atoms with Crippen LogP contribution in [0.3, 0.4) is 0 Å². The van der Waals surface area contributed by atoms with Crippen molar-refractivity contribution >= 4 is 5.97 Å². The molecule has 0 bridgehead atoms. The van der Waals surface area contributed by atoms with E-state index in [0.717, 1.165) is 25.9 Å². The van der Waals surface area contributed by atoms with Crippen LogP contribution in [0, 0.1) is 0 Å². The summed E-state index contributed by atoms with van der Waals surface area (Å²) in [6.07, 6.45) is 4.68. The minimum Gasteiger partial charge on any atom is -0.480 e. The second-order valence-corrected chi connectivity index (χ2v) is 4.92. The first-order chi connectivity index (χ1) is 8.24. The number of rotatable bonds is 3. The van der Waals surface area contributed by atoms with Crippen molar-refractivity contribution in [2.24, 2.45) is 0 Å². The maximum absolute atomic E-state index is 11.3. The number of ether oxygens (including phenoxy) is 1. The average molecular weight is 242 g/mol. The van der Waals surface area contributed by atoms with Crippen LogP contribution in [0.15, 0.2) is 0 Å². The van der Waals surface area contributed by atoms with Gasteiger partial charge in [-0.15, -0.1) is 0 Å². The second-order valence-electron chi connectivity index (χ2n) is 4.92. The summed E-state index contributed by atoms with van der Waals surface area (Å²) >= 11 is 0. The van der Waals surface area contributed by atoms with Gasteiger partial charge >= 0.3 is 5.97 Å². The van der Waals surface area contributed by atoms with Gasteiger partial charge in [-0.3, -0.25) is 9.69 Å². The molecule has 0 aromatic carbocycles. The molecule has 98 valence electrons. The van der Waals surface area contributed by atoms with E-state index < -0.39 is 12.0 Å². The van der Waals surface area contributed by atoms with Gasteiger partial charge in [-0.25, -0.2) is 0 Å². The largest absolute Gasteiger partial charge is 0.480 e. The maximum atomic E-state index is 11.3. The summed E-state index contributed by atoms with van der Waals surface area (Å²) < 4.78 is 5.53. The fourth-order valence-electron chi connectivity index (χ4n) is 3.08. The van der Waals surface area contributed by atoms with Crippen LogP contribution in [-0.4, -0.2) is 60.9 Å². The van der Waals surface area contributed by atoms with Gasteiger partial charge in [0.05, 0.1) is 6.10 Å². The standard InChI is InChI=1S/C12H22N2O3/c1-17-11-5-3-2-4-9(11)14-7-6-13-8-10(14)12(15)16/h9-11,13H,2-8H2,1H3,(H,15,16). The minimum absolute atomic E-state index is 0.198. The summed E-state index contributed by atoms with van der Waals surface area (Å²) in [6.45, 7) is 2.22. The van der Waals surface area contributed by atoms with Crippen molar-refractivity contribution in [1.82, 2.24) is 10.2 Å². The Morgan fingerprint density at radius 1 is 1.41 bits per heavy atom. The molecule has 5 heteroatoms. The molecule has 1 aliphatic carbocycles. The second kappa shape index (κ2) is 5.80. The molecule has 0 radical (unpaired) electrons. The Morgan fingerprint density at radius 2 is 2.18 bits per heavy atom. The predicted molar refractivity (Wildman–Crippen MR) is 64.1 cm³/mol. The van der Waals surface area contributed by atoms with Gasteiger partial charge in [0.2, 0.25) is 0 Å². The van der Waals surface area contributed by atoms with Crippen molar-refractivity contribution < 1.29 is 14.6 Å². The highest BCUT2D eigenvalue weighted by Gasteiger charge is 2.38. The van der Waals surface area contributed by atoms with Crippen molar-refractivity contribution in [1.29, 1.82) is 0 Å². The number of methoxy groups -OCH3 is 1. The van der Waals surface area contributed by atoms with Gasteiger partial charge in [0.25, 0.3) is 0 Å². The van der Waals surface area contributed by atoms with Gasteiger partial charge in [-0.2, -0.15) is 0 Å². The molecule has 1 saturated heterocycles. The molecular weight excluding hydrogens is 220 g/mol. The first-order valence-corrected chi connectivity index (χ1v) is 6.46. The summed E-state index contributed by atoms with van der Waals surface area (Å²) in [7, 11) is 1.74. The lowest BCUT2D eigenvalue weighted by atomic mass is 9.89. The van der Waals surface area contributed by atoms with Crippen LogP contribution in [0.4, 0.5) is 0 Å². The number of nitrogens with zero attached hydrogens (tertiary/aromatic N) is 1. The van der Waals surface area contributed by atoms with Gasteiger partial charge in [-0.05, 0) is 12.8 Å². The fourth-order valence-corrected chi connectivity index (χ4v) is 3.08. The molecule has 2 N–H and O–H groups in total. The third kappa shape index (κ3) is 2.78. The minimum atomic E-state index is -0.724. The molecule has 17 heavy (non-hydrogen) atoms. The fraction of sp³-hybridized carbons (Fsp3) is 0.917.